The summed E-state index contributed by atoms with van der Waals surface area (Å²) in [5.74, 6) is -0.115. The van der Waals surface area contributed by atoms with E-state index in [9.17, 15) is 9.59 Å². The Morgan fingerprint density at radius 2 is 1.64 bits per heavy atom. The number of carboxylic acids is 1. The number of ether oxygens (including phenoxy) is 2. The number of hydrogen-bond acceptors (Lipinski definition) is 4. The molecule has 0 heterocycles. The van der Waals surface area contributed by atoms with Crippen LogP contribution in [0.3, 0.4) is 0 Å². The summed E-state index contributed by atoms with van der Waals surface area (Å²) in [6.07, 6.45) is 0. The number of carbonyl (C=O) groups is 2. The highest BCUT2D eigenvalue weighted by Gasteiger charge is 2.14. The highest BCUT2D eigenvalue weighted by molar-refractivity contribution is 5.98. The van der Waals surface area contributed by atoms with Gasteiger partial charge in [0.05, 0.1) is 12.2 Å². The molecule has 0 saturated heterocycles. The Hall–Kier alpha value is -2.82. The normalized spacial score (nSPS) is 10.4. The van der Waals surface area contributed by atoms with E-state index in [-0.39, 0.29) is 11.5 Å². The summed E-state index contributed by atoms with van der Waals surface area (Å²) in [7, 11) is 0. The van der Waals surface area contributed by atoms with E-state index in [0.29, 0.717) is 12.2 Å². The molecule has 0 radical (unpaired) electrons. The molecule has 0 fully saturated rings. The lowest BCUT2D eigenvalue weighted by Gasteiger charge is -2.14. The van der Waals surface area contributed by atoms with Crippen LogP contribution in [0, 0.1) is 13.8 Å². The first kappa shape index (κ1) is 18.5. The molecule has 25 heavy (non-hydrogen) atoms. The maximum Gasteiger partial charge on any atom is 0.341 e. The number of ketones is 1. The maximum absolute atomic E-state index is 11.9. The van der Waals surface area contributed by atoms with Crippen molar-refractivity contribution in [2.45, 2.75) is 27.7 Å². The molecule has 0 atom stereocenters. The smallest absolute Gasteiger partial charge is 0.341 e. The Balaban J connectivity index is 2.44. The number of rotatable bonds is 7. The quantitative estimate of drug-likeness (QED) is 0.769. The second-order valence-electron chi connectivity index (χ2n) is 5.82. The van der Waals surface area contributed by atoms with Gasteiger partial charge in [0, 0.05) is 0 Å². The Labute approximate surface area is 147 Å². The van der Waals surface area contributed by atoms with Crippen molar-refractivity contribution in [3.8, 4) is 22.6 Å². The van der Waals surface area contributed by atoms with Crippen molar-refractivity contribution in [1.29, 1.82) is 0 Å². The van der Waals surface area contributed by atoms with Gasteiger partial charge in [-0.05, 0) is 74.2 Å². The summed E-state index contributed by atoms with van der Waals surface area (Å²) in [6, 6.07) is 9.20. The van der Waals surface area contributed by atoms with E-state index in [2.05, 4.69) is 0 Å². The van der Waals surface area contributed by atoms with Gasteiger partial charge < -0.3 is 14.6 Å². The third kappa shape index (κ3) is 4.38. The van der Waals surface area contributed by atoms with Gasteiger partial charge in [-0.15, -0.1) is 0 Å². The van der Waals surface area contributed by atoms with Crippen LogP contribution in [0.4, 0.5) is 0 Å². The fraction of sp³-hybridized carbons (Fsp3) is 0.300. The van der Waals surface area contributed by atoms with Gasteiger partial charge in [0.1, 0.15) is 11.5 Å². The van der Waals surface area contributed by atoms with Crippen LogP contribution in [-0.4, -0.2) is 30.1 Å². The first-order valence-electron chi connectivity index (χ1n) is 8.07. The Morgan fingerprint density at radius 1 is 1.00 bits per heavy atom. The van der Waals surface area contributed by atoms with Gasteiger partial charge in [0.15, 0.2) is 12.4 Å². The van der Waals surface area contributed by atoms with Gasteiger partial charge in [-0.1, -0.05) is 6.07 Å². The van der Waals surface area contributed by atoms with Crippen molar-refractivity contribution < 1.29 is 24.2 Å². The zero-order valence-electron chi connectivity index (χ0n) is 14.9. The average molecular weight is 342 g/mol. The van der Waals surface area contributed by atoms with Crippen LogP contribution in [-0.2, 0) is 4.79 Å². The number of Topliss-reactive ketones (excluding diaryl/α,β-unsaturated/α-hetero) is 1. The zero-order valence-corrected chi connectivity index (χ0v) is 14.9. The lowest BCUT2D eigenvalue weighted by atomic mass is 9.97. The third-order valence-corrected chi connectivity index (χ3v) is 3.79. The molecule has 0 bridgehead atoms. The molecule has 2 aromatic rings. The molecule has 2 aromatic carbocycles. The summed E-state index contributed by atoms with van der Waals surface area (Å²) in [4.78, 5) is 22.6. The largest absolute Gasteiger partial charge is 0.493 e. The minimum absolute atomic E-state index is 0.179. The van der Waals surface area contributed by atoms with Crippen LogP contribution in [0.5, 0.6) is 11.5 Å². The van der Waals surface area contributed by atoms with Crippen LogP contribution in [0.2, 0.25) is 0 Å². The minimum Gasteiger partial charge on any atom is -0.493 e. The van der Waals surface area contributed by atoms with Crippen molar-refractivity contribution in [2.75, 3.05) is 13.2 Å². The molecular formula is C20H22O5. The molecule has 0 aromatic heterocycles. The van der Waals surface area contributed by atoms with E-state index >= 15 is 0 Å². The van der Waals surface area contributed by atoms with Crippen LogP contribution < -0.4 is 9.47 Å². The third-order valence-electron chi connectivity index (χ3n) is 3.79. The zero-order chi connectivity index (χ0) is 18.6. The molecule has 5 nitrogen and oxygen atoms in total. The summed E-state index contributed by atoms with van der Waals surface area (Å²) in [6.45, 7) is 7.46. The van der Waals surface area contributed by atoms with E-state index in [4.69, 9.17) is 14.6 Å². The number of carboxylic acid groups (broad SMARTS) is 1. The van der Waals surface area contributed by atoms with Gasteiger partial charge >= 0.3 is 5.97 Å². The maximum atomic E-state index is 11.9. The first-order valence-corrected chi connectivity index (χ1v) is 8.07. The SMILES string of the molecule is CCOc1c(C)cc(-c2ccc(OCC(=O)O)c(C(C)=O)c2)cc1C. The Morgan fingerprint density at radius 3 is 2.16 bits per heavy atom. The standard InChI is InChI=1S/C20H22O5/c1-5-24-20-12(2)8-16(9-13(20)3)15-6-7-18(25-11-19(22)23)17(10-15)14(4)21/h6-10H,5,11H2,1-4H3,(H,22,23). The average Bonchev–Trinajstić information content (AvgIpc) is 2.55. The van der Waals surface area contributed by atoms with E-state index in [1.165, 1.54) is 6.92 Å². The topological polar surface area (TPSA) is 72.8 Å². The van der Waals surface area contributed by atoms with Gasteiger partial charge in [-0.25, -0.2) is 4.79 Å². The Kier molecular flexibility index (Phi) is 5.80. The van der Waals surface area contributed by atoms with Crippen LogP contribution in [0.1, 0.15) is 35.3 Å². The summed E-state index contributed by atoms with van der Waals surface area (Å²) in [5, 5.41) is 8.75. The van der Waals surface area contributed by atoms with Crippen LogP contribution >= 0.6 is 0 Å². The monoisotopic (exact) mass is 342 g/mol. The number of aliphatic carboxylic acids is 1. The van der Waals surface area contributed by atoms with Crippen molar-refractivity contribution >= 4 is 11.8 Å². The van der Waals surface area contributed by atoms with E-state index < -0.39 is 12.6 Å². The number of benzene rings is 2. The molecule has 1 N–H and O–H groups in total. The second-order valence-corrected chi connectivity index (χ2v) is 5.82. The molecule has 0 saturated carbocycles. The second kappa shape index (κ2) is 7.83. The molecule has 2 rings (SSSR count). The lowest BCUT2D eigenvalue weighted by Crippen LogP contribution is -2.11. The van der Waals surface area contributed by atoms with Gasteiger partial charge in [-0.3, -0.25) is 4.79 Å². The molecule has 0 aliphatic rings. The highest BCUT2D eigenvalue weighted by atomic mass is 16.5. The molecule has 132 valence electrons. The summed E-state index contributed by atoms with van der Waals surface area (Å²) < 4.78 is 10.9. The van der Waals surface area contributed by atoms with Crippen molar-refractivity contribution in [3.05, 3.63) is 47.0 Å². The predicted octanol–water partition coefficient (Wildman–Crippen LogP) is 4.04. The minimum atomic E-state index is -1.09. The molecular weight excluding hydrogens is 320 g/mol. The van der Waals surface area contributed by atoms with Crippen LogP contribution in [0.25, 0.3) is 11.1 Å². The predicted molar refractivity (Wildman–Crippen MR) is 95.7 cm³/mol. The Bertz CT molecular complexity index is 785. The van der Waals surface area contributed by atoms with Gasteiger partial charge in [-0.2, -0.15) is 0 Å². The van der Waals surface area contributed by atoms with E-state index in [1.807, 2.05) is 39.0 Å². The van der Waals surface area contributed by atoms with Gasteiger partial charge in [0.2, 0.25) is 0 Å². The lowest BCUT2D eigenvalue weighted by molar-refractivity contribution is -0.139. The fourth-order valence-electron chi connectivity index (χ4n) is 2.74. The fourth-order valence-corrected chi connectivity index (χ4v) is 2.74. The molecule has 0 aliphatic heterocycles. The van der Waals surface area contributed by atoms with Crippen molar-refractivity contribution in [3.63, 3.8) is 0 Å². The van der Waals surface area contributed by atoms with Gasteiger partial charge in [0.25, 0.3) is 0 Å². The number of aryl methyl sites for hydroxylation is 2. The highest BCUT2D eigenvalue weighted by Crippen LogP contribution is 2.32. The first-order chi connectivity index (χ1) is 11.8. The summed E-state index contributed by atoms with van der Waals surface area (Å²) in [5.41, 5.74) is 4.23. The number of carbonyl (C=O) groups excluding carboxylic acids is 1. The molecule has 0 amide bonds. The molecule has 5 heteroatoms. The van der Waals surface area contributed by atoms with E-state index in [1.54, 1.807) is 12.1 Å². The molecule has 0 aliphatic carbocycles. The van der Waals surface area contributed by atoms with E-state index in [0.717, 1.165) is 28.0 Å². The summed E-state index contributed by atoms with van der Waals surface area (Å²) >= 11 is 0. The number of hydrogen-bond donors (Lipinski definition) is 1. The molecule has 0 spiro atoms. The van der Waals surface area contributed by atoms with Crippen molar-refractivity contribution in [2.24, 2.45) is 0 Å². The van der Waals surface area contributed by atoms with Crippen molar-refractivity contribution in [1.82, 2.24) is 0 Å². The molecule has 0 unspecified atom stereocenters. The van der Waals surface area contributed by atoms with Crippen LogP contribution in [0.15, 0.2) is 30.3 Å².